The van der Waals surface area contributed by atoms with Gasteiger partial charge in [0.25, 0.3) is 0 Å². The van der Waals surface area contributed by atoms with E-state index in [-0.39, 0.29) is 24.4 Å². The molecule has 1 fully saturated rings. The normalized spacial score (nSPS) is 16.7. The molecular weight excluding hydrogens is 280 g/mol. The van der Waals surface area contributed by atoms with Crippen LogP contribution in [0.1, 0.15) is 38.5 Å². The van der Waals surface area contributed by atoms with E-state index in [4.69, 9.17) is 5.11 Å². The lowest BCUT2D eigenvalue weighted by atomic mass is 9.79. The summed E-state index contributed by atoms with van der Waals surface area (Å²) in [7, 11) is 0. The number of halogens is 2. The first-order chi connectivity index (χ1) is 9.90. The zero-order valence-corrected chi connectivity index (χ0v) is 11.5. The molecule has 21 heavy (non-hydrogen) atoms. The van der Waals surface area contributed by atoms with Crippen LogP contribution in [0, 0.1) is 17.0 Å². The smallest absolute Gasteiger partial charge is 0.303 e. The molecule has 1 aliphatic rings. The molecule has 0 aliphatic heterocycles. The van der Waals surface area contributed by atoms with Gasteiger partial charge in [-0.15, -0.1) is 0 Å². The highest BCUT2D eigenvalue weighted by atomic mass is 19.2. The van der Waals surface area contributed by atoms with Crippen LogP contribution >= 0.6 is 0 Å². The summed E-state index contributed by atoms with van der Waals surface area (Å²) in [6, 6.07) is 3.12. The number of anilines is 1. The first-order valence-corrected chi connectivity index (χ1v) is 6.87. The van der Waals surface area contributed by atoms with E-state index >= 15 is 0 Å². The number of carboxylic acid groups (broad SMARTS) is 1. The van der Waals surface area contributed by atoms with Crippen molar-refractivity contribution in [3.8, 4) is 0 Å². The number of nitrogens with one attached hydrogen (secondary N) is 1. The van der Waals surface area contributed by atoms with E-state index in [1.165, 1.54) is 6.07 Å². The van der Waals surface area contributed by atoms with Crippen molar-refractivity contribution < 1.29 is 23.5 Å². The molecule has 1 saturated carbocycles. The van der Waals surface area contributed by atoms with Crippen LogP contribution in [0.2, 0.25) is 0 Å². The van der Waals surface area contributed by atoms with Crippen molar-refractivity contribution in [3.63, 3.8) is 0 Å². The Morgan fingerprint density at radius 3 is 2.38 bits per heavy atom. The van der Waals surface area contributed by atoms with Gasteiger partial charge in [0.15, 0.2) is 11.6 Å². The van der Waals surface area contributed by atoms with Gasteiger partial charge >= 0.3 is 5.97 Å². The van der Waals surface area contributed by atoms with Crippen LogP contribution in [-0.4, -0.2) is 17.0 Å². The van der Waals surface area contributed by atoms with Gasteiger partial charge in [0.2, 0.25) is 5.91 Å². The van der Waals surface area contributed by atoms with E-state index in [2.05, 4.69) is 5.32 Å². The first kappa shape index (κ1) is 15.4. The fraction of sp³-hybridized carbons (Fsp3) is 0.467. The molecule has 0 bridgehead atoms. The molecular formula is C15H17F2NO3. The molecule has 1 aliphatic carbocycles. The average Bonchev–Trinajstić information content (AvgIpc) is 2.80. The van der Waals surface area contributed by atoms with Gasteiger partial charge in [-0.25, -0.2) is 8.78 Å². The Morgan fingerprint density at radius 2 is 1.81 bits per heavy atom. The Kier molecular flexibility index (Phi) is 4.55. The lowest BCUT2D eigenvalue weighted by Crippen LogP contribution is -2.27. The predicted molar refractivity (Wildman–Crippen MR) is 72.8 cm³/mol. The minimum Gasteiger partial charge on any atom is -0.481 e. The number of carboxylic acids is 1. The Morgan fingerprint density at radius 1 is 1.14 bits per heavy atom. The molecule has 1 amide bonds. The van der Waals surface area contributed by atoms with Crippen molar-refractivity contribution in [1.82, 2.24) is 0 Å². The number of amides is 1. The molecule has 114 valence electrons. The van der Waals surface area contributed by atoms with Crippen molar-refractivity contribution in [1.29, 1.82) is 0 Å². The fourth-order valence-electron chi connectivity index (χ4n) is 2.98. The van der Waals surface area contributed by atoms with Crippen molar-refractivity contribution in [2.75, 3.05) is 5.32 Å². The van der Waals surface area contributed by atoms with Crippen LogP contribution in [0.4, 0.5) is 14.5 Å². The zero-order chi connectivity index (χ0) is 15.5. The third-order valence-electron chi connectivity index (χ3n) is 3.93. The highest BCUT2D eigenvalue weighted by molar-refractivity contribution is 5.91. The third-order valence-corrected chi connectivity index (χ3v) is 3.93. The standard InChI is InChI=1S/C15H17F2NO3/c16-11-4-3-10(7-12(11)17)18-13(19)8-15(9-14(20)21)5-1-2-6-15/h3-4,7H,1-2,5-6,8-9H2,(H,18,19)(H,20,21). The molecule has 6 heteroatoms. The highest BCUT2D eigenvalue weighted by Crippen LogP contribution is 2.44. The third kappa shape index (κ3) is 4.00. The van der Waals surface area contributed by atoms with E-state index in [9.17, 15) is 18.4 Å². The molecule has 0 radical (unpaired) electrons. The predicted octanol–water partition coefficient (Wildman–Crippen LogP) is 3.33. The van der Waals surface area contributed by atoms with E-state index in [1.807, 2.05) is 0 Å². The fourth-order valence-corrected chi connectivity index (χ4v) is 2.98. The van der Waals surface area contributed by atoms with Crippen LogP contribution in [0.15, 0.2) is 18.2 Å². The average molecular weight is 297 g/mol. The van der Waals surface area contributed by atoms with Crippen molar-refractivity contribution in [3.05, 3.63) is 29.8 Å². The van der Waals surface area contributed by atoms with Gasteiger partial charge in [-0.1, -0.05) is 12.8 Å². The minimum absolute atomic E-state index is 0.0435. The van der Waals surface area contributed by atoms with Gasteiger partial charge in [-0.3, -0.25) is 9.59 Å². The minimum atomic E-state index is -1.03. The maximum Gasteiger partial charge on any atom is 0.303 e. The maximum absolute atomic E-state index is 13.1. The number of aliphatic carboxylic acids is 1. The summed E-state index contributed by atoms with van der Waals surface area (Å²) in [4.78, 5) is 23.0. The van der Waals surface area contributed by atoms with Crippen LogP contribution in [-0.2, 0) is 9.59 Å². The zero-order valence-electron chi connectivity index (χ0n) is 11.5. The molecule has 0 spiro atoms. The van der Waals surface area contributed by atoms with Gasteiger partial charge in [0, 0.05) is 18.2 Å². The molecule has 0 unspecified atom stereocenters. The van der Waals surface area contributed by atoms with E-state index in [1.54, 1.807) is 0 Å². The molecule has 2 N–H and O–H groups in total. The van der Waals surface area contributed by atoms with Gasteiger partial charge in [0.05, 0.1) is 6.42 Å². The van der Waals surface area contributed by atoms with Crippen LogP contribution in [0.5, 0.6) is 0 Å². The Labute approximate surface area is 121 Å². The van der Waals surface area contributed by atoms with Gasteiger partial charge < -0.3 is 10.4 Å². The second-order valence-corrected chi connectivity index (χ2v) is 5.63. The van der Waals surface area contributed by atoms with E-state index < -0.39 is 23.0 Å². The Hall–Kier alpha value is -1.98. The molecule has 1 aromatic carbocycles. The molecule has 1 aromatic rings. The van der Waals surface area contributed by atoms with Gasteiger partial charge in [0.1, 0.15) is 0 Å². The number of hydrogen-bond donors (Lipinski definition) is 2. The summed E-state index contributed by atoms with van der Waals surface area (Å²) in [5, 5.41) is 11.5. The summed E-state index contributed by atoms with van der Waals surface area (Å²) in [5.74, 6) is -3.30. The van der Waals surface area contributed by atoms with Crippen LogP contribution in [0.25, 0.3) is 0 Å². The topological polar surface area (TPSA) is 66.4 Å². The Bertz CT molecular complexity index is 554. The summed E-state index contributed by atoms with van der Waals surface area (Å²) in [6.45, 7) is 0. The summed E-state index contributed by atoms with van der Waals surface area (Å²) in [6.07, 6.45) is 3.25. The second kappa shape index (κ2) is 6.20. The number of carbonyl (C=O) groups excluding carboxylic acids is 1. The quantitative estimate of drug-likeness (QED) is 0.876. The van der Waals surface area contributed by atoms with Gasteiger partial charge in [-0.05, 0) is 30.4 Å². The summed E-state index contributed by atoms with van der Waals surface area (Å²) in [5.41, 5.74) is -0.350. The summed E-state index contributed by atoms with van der Waals surface area (Å²) >= 11 is 0. The van der Waals surface area contributed by atoms with Crippen LogP contribution < -0.4 is 5.32 Å². The first-order valence-electron chi connectivity index (χ1n) is 6.87. The second-order valence-electron chi connectivity index (χ2n) is 5.63. The van der Waals surface area contributed by atoms with Crippen LogP contribution in [0.3, 0.4) is 0 Å². The van der Waals surface area contributed by atoms with E-state index in [0.717, 1.165) is 25.0 Å². The molecule has 2 rings (SSSR count). The largest absolute Gasteiger partial charge is 0.481 e. The number of hydrogen-bond acceptors (Lipinski definition) is 2. The van der Waals surface area contributed by atoms with E-state index in [0.29, 0.717) is 12.8 Å². The Balaban J connectivity index is 2.02. The molecule has 0 atom stereocenters. The van der Waals surface area contributed by atoms with Gasteiger partial charge in [-0.2, -0.15) is 0 Å². The molecule has 0 heterocycles. The molecule has 0 saturated heterocycles. The lowest BCUT2D eigenvalue weighted by Gasteiger charge is -2.26. The lowest BCUT2D eigenvalue weighted by molar-refractivity contribution is -0.140. The monoisotopic (exact) mass is 297 g/mol. The SMILES string of the molecule is O=C(O)CC1(CC(=O)Nc2ccc(F)c(F)c2)CCCC1. The highest BCUT2D eigenvalue weighted by Gasteiger charge is 2.37. The maximum atomic E-state index is 13.1. The summed E-state index contributed by atoms with van der Waals surface area (Å²) < 4.78 is 25.9. The van der Waals surface area contributed by atoms with Crippen molar-refractivity contribution in [2.45, 2.75) is 38.5 Å². The number of benzene rings is 1. The number of carbonyl (C=O) groups is 2. The van der Waals surface area contributed by atoms with Crippen molar-refractivity contribution >= 4 is 17.6 Å². The van der Waals surface area contributed by atoms with Crippen molar-refractivity contribution in [2.24, 2.45) is 5.41 Å². The molecule has 0 aromatic heterocycles. The number of rotatable bonds is 5. The molecule has 4 nitrogen and oxygen atoms in total.